The van der Waals surface area contributed by atoms with Gasteiger partial charge in [-0.2, -0.15) is 0 Å². The molecule has 0 bridgehead atoms. The van der Waals surface area contributed by atoms with Crippen LogP contribution in [0.5, 0.6) is 5.75 Å². The lowest BCUT2D eigenvalue weighted by molar-refractivity contribution is 0.0698. The Balaban J connectivity index is 2.35. The topological polar surface area (TPSA) is 99.5 Å². The lowest BCUT2D eigenvalue weighted by Crippen LogP contribution is -2.15. The van der Waals surface area contributed by atoms with Crippen LogP contribution >= 0.6 is 11.6 Å². The minimum Gasteiger partial charge on any atom is -0.506 e. The predicted molar refractivity (Wildman–Crippen MR) is 72.3 cm³/mol. The Bertz CT molecular complexity index is 688. The number of nitrogens with one attached hydrogen (secondary N) is 1. The molecule has 2 aromatic rings. The van der Waals surface area contributed by atoms with Gasteiger partial charge in [0.15, 0.2) is 0 Å². The van der Waals surface area contributed by atoms with Crippen LogP contribution in [0.1, 0.15) is 20.7 Å². The van der Waals surface area contributed by atoms with Gasteiger partial charge in [-0.15, -0.1) is 0 Å². The SMILES string of the molecule is O=C(Nc1c(Cl)cccc1C(=O)O)c1cncc(O)c1. The first-order valence-corrected chi connectivity index (χ1v) is 5.84. The summed E-state index contributed by atoms with van der Waals surface area (Å²) in [6, 6.07) is 5.46. The van der Waals surface area contributed by atoms with Crippen LogP contribution in [0.15, 0.2) is 36.7 Å². The van der Waals surface area contributed by atoms with E-state index < -0.39 is 11.9 Å². The summed E-state index contributed by atoms with van der Waals surface area (Å²) in [6.45, 7) is 0. The minimum atomic E-state index is -1.21. The normalized spacial score (nSPS) is 10.1. The van der Waals surface area contributed by atoms with Crippen LogP contribution in [0.4, 0.5) is 5.69 Å². The van der Waals surface area contributed by atoms with Gasteiger partial charge in [0.05, 0.1) is 28.0 Å². The Morgan fingerprint density at radius 3 is 2.65 bits per heavy atom. The Kier molecular flexibility index (Phi) is 3.86. The van der Waals surface area contributed by atoms with Crippen LogP contribution in [0.2, 0.25) is 5.02 Å². The lowest BCUT2D eigenvalue weighted by atomic mass is 10.1. The van der Waals surface area contributed by atoms with E-state index in [0.29, 0.717) is 0 Å². The molecule has 102 valence electrons. The van der Waals surface area contributed by atoms with Gasteiger partial charge in [0.1, 0.15) is 5.75 Å². The van der Waals surface area contributed by atoms with Crippen LogP contribution in [0.3, 0.4) is 0 Å². The molecule has 7 heteroatoms. The average molecular weight is 293 g/mol. The first-order chi connectivity index (χ1) is 9.49. The number of benzene rings is 1. The smallest absolute Gasteiger partial charge is 0.337 e. The number of nitrogens with zero attached hydrogens (tertiary/aromatic N) is 1. The van der Waals surface area contributed by atoms with Crippen molar-refractivity contribution in [1.29, 1.82) is 0 Å². The van der Waals surface area contributed by atoms with E-state index in [1.54, 1.807) is 0 Å². The van der Waals surface area contributed by atoms with Crippen molar-refractivity contribution in [2.24, 2.45) is 0 Å². The van der Waals surface area contributed by atoms with Gasteiger partial charge in [0.25, 0.3) is 5.91 Å². The van der Waals surface area contributed by atoms with Gasteiger partial charge in [-0.25, -0.2) is 4.79 Å². The van der Waals surface area contributed by atoms with E-state index in [1.165, 1.54) is 36.7 Å². The fourth-order valence-corrected chi connectivity index (χ4v) is 1.79. The highest BCUT2D eigenvalue weighted by molar-refractivity contribution is 6.34. The zero-order chi connectivity index (χ0) is 14.7. The van der Waals surface area contributed by atoms with Gasteiger partial charge in [0, 0.05) is 6.20 Å². The van der Waals surface area contributed by atoms with E-state index in [-0.39, 0.29) is 27.6 Å². The summed E-state index contributed by atoms with van der Waals surface area (Å²) in [5.41, 5.74) is -0.0461. The fraction of sp³-hybridized carbons (Fsp3) is 0. The van der Waals surface area contributed by atoms with E-state index in [2.05, 4.69) is 10.3 Å². The summed E-state index contributed by atoms with van der Waals surface area (Å²) >= 11 is 5.89. The van der Waals surface area contributed by atoms with Crippen LogP contribution in [-0.4, -0.2) is 27.1 Å². The number of aromatic hydroxyl groups is 1. The van der Waals surface area contributed by atoms with E-state index in [9.17, 15) is 14.7 Å². The number of hydrogen-bond acceptors (Lipinski definition) is 4. The van der Waals surface area contributed by atoms with Crippen LogP contribution in [0, 0.1) is 0 Å². The zero-order valence-corrected chi connectivity index (χ0v) is 10.8. The second-order valence-corrected chi connectivity index (χ2v) is 4.26. The molecule has 0 spiro atoms. The number of pyridine rings is 1. The Morgan fingerprint density at radius 1 is 1.25 bits per heavy atom. The Hall–Kier alpha value is -2.60. The number of aromatic carboxylic acids is 1. The Labute approximate surface area is 118 Å². The maximum absolute atomic E-state index is 12.0. The molecule has 1 heterocycles. The van der Waals surface area contributed by atoms with Crippen molar-refractivity contribution < 1.29 is 19.8 Å². The molecule has 2 rings (SSSR count). The first-order valence-electron chi connectivity index (χ1n) is 5.46. The van der Waals surface area contributed by atoms with Gasteiger partial charge in [-0.3, -0.25) is 9.78 Å². The number of aromatic nitrogens is 1. The fourth-order valence-electron chi connectivity index (χ4n) is 1.57. The molecule has 0 fully saturated rings. The molecule has 0 saturated carbocycles. The summed E-state index contributed by atoms with van der Waals surface area (Å²) in [6.07, 6.45) is 2.42. The van der Waals surface area contributed by atoms with Crippen molar-refractivity contribution in [3.63, 3.8) is 0 Å². The summed E-state index contributed by atoms with van der Waals surface area (Å²) in [4.78, 5) is 26.7. The minimum absolute atomic E-state index is 0.00462. The molecular weight excluding hydrogens is 284 g/mol. The van der Waals surface area contributed by atoms with Crippen molar-refractivity contribution in [3.05, 3.63) is 52.8 Å². The molecule has 0 atom stereocenters. The molecule has 3 N–H and O–H groups in total. The number of carboxylic acid groups (broad SMARTS) is 1. The van der Waals surface area contributed by atoms with Gasteiger partial charge in [-0.1, -0.05) is 17.7 Å². The van der Waals surface area contributed by atoms with Gasteiger partial charge in [0.2, 0.25) is 0 Å². The van der Waals surface area contributed by atoms with Gasteiger partial charge in [-0.05, 0) is 18.2 Å². The van der Waals surface area contributed by atoms with Crippen LogP contribution in [0.25, 0.3) is 0 Å². The summed E-state index contributed by atoms with van der Waals surface area (Å²) in [5, 5.41) is 20.8. The van der Waals surface area contributed by atoms with E-state index in [0.717, 1.165) is 0 Å². The molecule has 0 aliphatic rings. The third-order valence-corrected chi connectivity index (χ3v) is 2.78. The predicted octanol–water partition coefficient (Wildman–Crippen LogP) is 2.39. The van der Waals surface area contributed by atoms with E-state index >= 15 is 0 Å². The highest BCUT2D eigenvalue weighted by Gasteiger charge is 2.16. The van der Waals surface area contributed by atoms with Crippen LogP contribution < -0.4 is 5.32 Å². The first kappa shape index (κ1) is 13.8. The highest BCUT2D eigenvalue weighted by atomic mass is 35.5. The van der Waals surface area contributed by atoms with E-state index in [4.69, 9.17) is 16.7 Å². The standard InChI is InChI=1S/C13H9ClN2O4/c14-10-3-1-2-9(13(19)20)11(10)16-12(18)7-4-8(17)6-15-5-7/h1-6,17H,(H,16,18)(H,19,20). The number of anilines is 1. The second-order valence-electron chi connectivity index (χ2n) is 3.85. The number of hydrogen-bond donors (Lipinski definition) is 3. The van der Waals surface area contributed by atoms with Gasteiger partial charge >= 0.3 is 5.97 Å². The van der Waals surface area contributed by atoms with E-state index in [1.807, 2.05) is 0 Å². The molecule has 1 amide bonds. The van der Waals surface area contributed by atoms with Crippen molar-refractivity contribution in [2.75, 3.05) is 5.32 Å². The quantitative estimate of drug-likeness (QED) is 0.806. The molecule has 0 aliphatic carbocycles. The van der Waals surface area contributed by atoms with Crippen molar-refractivity contribution >= 4 is 29.2 Å². The number of carbonyl (C=O) groups is 2. The number of amides is 1. The third-order valence-electron chi connectivity index (χ3n) is 2.47. The lowest BCUT2D eigenvalue weighted by Gasteiger charge is -2.10. The molecule has 0 saturated heterocycles. The molecule has 0 radical (unpaired) electrons. The average Bonchev–Trinajstić information content (AvgIpc) is 2.40. The zero-order valence-electron chi connectivity index (χ0n) is 10.0. The molecule has 1 aromatic carbocycles. The maximum Gasteiger partial charge on any atom is 0.337 e. The molecule has 1 aromatic heterocycles. The monoisotopic (exact) mass is 292 g/mol. The second kappa shape index (κ2) is 5.58. The summed E-state index contributed by atoms with van der Waals surface area (Å²) < 4.78 is 0. The maximum atomic E-state index is 12.0. The van der Waals surface area contributed by atoms with Crippen molar-refractivity contribution in [2.45, 2.75) is 0 Å². The Morgan fingerprint density at radius 2 is 2.00 bits per heavy atom. The molecule has 0 unspecified atom stereocenters. The van der Waals surface area contributed by atoms with Crippen molar-refractivity contribution in [1.82, 2.24) is 4.98 Å². The number of halogens is 1. The highest BCUT2D eigenvalue weighted by Crippen LogP contribution is 2.26. The van der Waals surface area contributed by atoms with Crippen molar-refractivity contribution in [3.8, 4) is 5.75 Å². The summed E-state index contributed by atoms with van der Waals surface area (Å²) in [7, 11) is 0. The molecule has 0 aliphatic heterocycles. The number of para-hydroxylation sites is 1. The van der Waals surface area contributed by atoms with Gasteiger partial charge < -0.3 is 15.5 Å². The summed E-state index contributed by atoms with van der Waals surface area (Å²) in [5.74, 6) is -2.00. The number of carboxylic acids is 1. The largest absolute Gasteiger partial charge is 0.506 e. The number of rotatable bonds is 3. The van der Waals surface area contributed by atoms with Crippen LogP contribution in [-0.2, 0) is 0 Å². The third kappa shape index (κ3) is 2.86. The number of carbonyl (C=O) groups excluding carboxylic acids is 1. The molecular formula is C13H9ClN2O4. The molecule has 6 nitrogen and oxygen atoms in total. The molecule has 20 heavy (non-hydrogen) atoms.